The Morgan fingerprint density at radius 2 is 2.12 bits per heavy atom. The van der Waals surface area contributed by atoms with Gasteiger partial charge in [0.2, 0.25) is 10.0 Å². The van der Waals surface area contributed by atoms with Crippen LogP contribution in [0.4, 0.5) is 4.39 Å². The zero-order chi connectivity index (χ0) is 18.0. The lowest BCUT2D eigenvalue weighted by atomic mass is 9.84. The molecule has 0 spiro atoms. The van der Waals surface area contributed by atoms with Gasteiger partial charge >= 0.3 is 5.97 Å². The number of hydrogen-bond donors (Lipinski definition) is 2. The van der Waals surface area contributed by atoms with E-state index in [-0.39, 0.29) is 16.9 Å². The smallest absolute Gasteiger partial charge is 0.338 e. The Hall–Kier alpha value is -1.51. The Bertz CT molecular complexity index is 719. The minimum Gasteiger partial charge on any atom is -0.478 e. The summed E-state index contributed by atoms with van der Waals surface area (Å²) in [5.41, 5.74) is -0.322. The van der Waals surface area contributed by atoms with Crippen molar-refractivity contribution < 1.29 is 22.7 Å². The molecule has 0 aromatic heterocycles. The van der Waals surface area contributed by atoms with E-state index in [4.69, 9.17) is 5.11 Å². The molecule has 6 nitrogen and oxygen atoms in total. The Kier molecular flexibility index (Phi) is 5.62. The molecular weight excluding hydrogens is 335 g/mol. The van der Waals surface area contributed by atoms with E-state index in [1.54, 1.807) is 0 Å². The maximum atomic E-state index is 13.6. The van der Waals surface area contributed by atoms with Crippen LogP contribution in [-0.4, -0.2) is 50.6 Å². The van der Waals surface area contributed by atoms with E-state index >= 15 is 0 Å². The van der Waals surface area contributed by atoms with Gasteiger partial charge in [-0.25, -0.2) is 22.3 Å². The number of nitrogens with zero attached hydrogens (tertiary/aromatic N) is 1. The molecule has 0 amide bonds. The fourth-order valence-corrected chi connectivity index (χ4v) is 4.03. The third kappa shape index (κ3) is 4.75. The van der Waals surface area contributed by atoms with Gasteiger partial charge in [0.1, 0.15) is 5.82 Å². The second-order valence-corrected chi connectivity index (χ2v) is 8.66. The van der Waals surface area contributed by atoms with Crippen molar-refractivity contribution in [1.82, 2.24) is 9.62 Å². The number of carboxylic acids is 1. The summed E-state index contributed by atoms with van der Waals surface area (Å²) in [5, 5.41) is 8.78. The Labute approximate surface area is 141 Å². The molecule has 2 N–H and O–H groups in total. The van der Waals surface area contributed by atoms with Crippen molar-refractivity contribution in [3.63, 3.8) is 0 Å². The predicted molar refractivity (Wildman–Crippen MR) is 88.0 cm³/mol. The molecule has 1 aromatic rings. The highest BCUT2D eigenvalue weighted by Crippen LogP contribution is 2.27. The van der Waals surface area contributed by atoms with Crippen LogP contribution in [0.1, 0.15) is 37.0 Å². The quantitative estimate of drug-likeness (QED) is 0.811. The minimum absolute atomic E-state index is 0.223. The topological polar surface area (TPSA) is 86.7 Å². The molecule has 1 fully saturated rings. The van der Waals surface area contributed by atoms with Crippen LogP contribution in [0, 0.1) is 11.2 Å². The van der Waals surface area contributed by atoms with Crippen molar-refractivity contribution in [3.05, 3.63) is 29.6 Å². The zero-order valence-corrected chi connectivity index (χ0v) is 14.7. The zero-order valence-electron chi connectivity index (χ0n) is 13.9. The standard InChI is InChI=1S/C16H23FN2O4S/c1-16(2)6-3-8-19(11-16)9-7-18-24(22,23)12-4-5-13(15(20)21)14(17)10-12/h4-5,10,18H,3,6-9,11H2,1-2H3,(H,20,21). The monoisotopic (exact) mass is 358 g/mol. The third-order valence-corrected chi connectivity index (χ3v) is 5.64. The van der Waals surface area contributed by atoms with Crippen molar-refractivity contribution in [2.75, 3.05) is 26.2 Å². The number of rotatable bonds is 6. The average molecular weight is 358 g/mol. The van der Waals surface area contributed by atoms with Crippen molar-refractivity contribution in [1.29, 1.82) is 0 Å². The fourth-order valence-electron chi connectivity index (χ4n) is 2.99. The van der Waals surface area contributed by atoms with Crippen molar-refractivity contribution in [2.45, 2.75) is 31.6 Å². The molecule has 134 valence electrons. The summed E-state index contributed by atoms with van der Waals surface area (Å²) in [5.74, 6) is -2.50. The summed E-state index contributed by atoms with van der Waals surface area (Å²) in [6.07, 6.45) is 2.24. The number of carbonyl (C=O) groups is 1. The number of nitrogens with one attached hydrogen (secondary N) is 1. The summed E-state index contributed by atoms with van der Waals surface area (Å²) in [6.45, 7) is 7.04. The molecule has 1 aromatic carbocycles. The van der Waals surface area contributed by atoms with Gasteiger partial charge in [-0.15, -0.1) is 0 Å². The van der Waals surface area contributed by atoms with Crippen LogP contribution in [-0.2, 0) is 10.0 Å². The Morgan fingerprint density at radius 3 is 2.71 bits per heavy atom. The normalized spacial score (nSPS) is 18.5. The molecular formula is C16H23FN2O4S. The average Bonchev–Trinajstić information content (AvgIpc) is 2.45. The minimum atomic E-state index is -3.86. The highest BCUT2D eigenvalue weighted by Gasteiger charge is 2.26. The van der Waals surface area contributed by atoms with Crippen molar-refractivity contribution in [2.24, 2.45) is 5.41 Å². The Morgan fingerprint density at radius 1 is 1.42 bits per heavy atom. The molecule has 0 unspecified atom stereocenters. The number of halogens is 1. The molecule has 24 heavy (non-hydrogen) atoms. The maximum absolute atomic E-state index is 13.6. The summed E-state index contributed by atoms with van der Waals surface area (Å²) in [7, 11) is -3.86. The van der Waals surface area contributed by atoms with E-state index in [9.17, 15) is 17.6 Å². The first-order chi connectivity index (χ1) is 11.1. The molecule has 0 saturated carbocycles. The molecule has 2 rings (SSSR count). The second kappa shape index (κ2) is 7.16. The van der Waals surface area contributed by atoms with Crippen LogP contribution in [0.3, 0.4) is 0 Å². The van der Waals surface area contributed by atoms with E-state index in [1.165, 1.54) is 0 Å². The number of hydrogen-bond acceptors (Lipinski definition) is 4. The number of likely N-dealkylation sites (tertiary alicyclic amines) is 1. The van der Waals surface area contributed by atoms with Crippen LogP contribution in [0.5, 0.6) is 0 Å². The van der Waals surface area contributed by atoms with Crippen LogP contribution < -0.4 is 4.72 Å². The van der Waals surface area contributed by atoms with E-state index in [1.807, 2.05) is 0 Å². The largest absolute Gasteiger partial charge is 0.478 e. The van der Waals surface area contributed by atoms with Crippen LogP contribution >= 0.6 is 0 Å². The molecule has 8 heteroatoms. The number of sulfonamides is 1. The van der Waals surface area contributed by atoms with Gasteiger partial charge in [-0.05, 0) is 43.0 Å². The summed E-state index contributed by atoms with van der Waals surface area (Å²) < 4.78 is 40.5. The van der Waals surface area contributed by atoms with Gasteiger partial charge in [0.15, 0.2) is 0 Å². The molecule has 1 saturated heterocycles. The van der Waals surface area contributed by atoms with Gasteiger partial charge in [0.25, 0.3) is 0 Å². The second-order valence-electron chi connectivity index (χ2n) is 6.89. The lowest BCUT2D eigenvalue weighted by molar-refractivity contribution is 0.0691. The number of carboxylic acid groups (broad SMARTS) is 1. The van der Waals surface area contributed by atoms with E-state index in [0.29, 0.717) is 6.54 Å². The maximum Gasteiger partial charge on any atom is 0.338 e. The van der Waals surface area contributed by atoms with Crippen LogP contribution in [0.15, 0.2) is 23.1 Å². The molecule has 0 radical (unpaired) electrons. The molecule has 0 aliphatic carbocycles. The number of piperidine rings is 1. The van der Waals surface area contributed by atoms with Gasteiger partial charge in [0, 0.05) is 19.6 Å². The summed E-state index contributed by atoms with van der Waals surface area (Å²) in [6, 6.07) is 2.79. The van der Waals surface area contributed by atoms with E-state index in [2.05, 4.69) is 23.5 Å². The highest BCUT2D eigenvalue weighted by molar-refractivity contribution is 7.89. The Balaban J connectivity index is 1.96. The van der Waals surface area contributed by atoms with Crippen LogP contribution in [0.2, 0.25) is 0 Å². The predicted octanol–water partition coefficient (Wildman–Crippen LogP) is 1.92. The van der Waals surface area contributed by atoms with Gasteiger partial charge in [-0.2, -0.15) is 0 Å². The molecule has 0 atom stereocenters. The lowest BCUT2D eigenvalue weighted by Crippen LogP contribution is -2.43. The number of aromatic carboxylic acids is 1. The first kappa shape index (κ1) is 18.8. The van der Waals surface area contributed by atoms with Gasteiger partial charge in [-0.3, -0.25) is 0 Å². The highest BCUT2D eigenvalue weighted by atomic mass is 32.2. The SMILES string of the molecule is CC1(C)CCCN(CCNS(=O)(=O)c2ccc(C(=O)O)c(F)c2)C1. The van der Waals surface area contributed by atoms with Gasteiger partial charge in [0.05, 0.1) is 10.5 Å². The van der Waals surface area contributed by atoms with Gasteiger partial charge < -0.3 is 10.0 Å². The van der Waals surface area contributed by atoms with Crippen molar-refractivity contribution >= 4 is 16.0 Å². The lowest BCUT2D eigenvalue weighted by Gasteiger charge is -2.38. The number of benzene rings is 1. The summed E-state index contributed by atoms with van der Waals surface area (Å²) in [4.78, 5) is 12.7. The van der Waals surface area contributed by atoms with Crippen molar-refractivity contribution in [3.8, 4) is 0 Å². The molecule has 0 bridgehead atoms. The molecule has 1 heterocycles. The molecule has 1 aliphatic rings. The summed E-state index contributed by atoms with van der Waals surface area (Å²) >= 11 is 0. The third-order valence-electron chi connectivity index (χ3n) is 4.18. The van der Waals surface area contributed by atoms with Gasteiger partial charge in [-0.1, -0.05) is 13.8 Å². The fraction of sp³-hybridized carbons (Fsp3) is 0.562. The first-order valence-electron chi connectivity index (χ1n) is 7.86. The first-order valence-corrected chi connectivity index (χ1v) is 9.34. The van der Waals surface area contributed by atoms with E-state index < -0.39 is 27.4 Å². The van der Waals surface area contributed by atoms with E-state index in [0.717, 1.165) is 44.1 Å². The molecule has 1 aliphatic heterocycles. The van der Waals surface area contributed by atoms with Crippen LogP contribution in [0.25, 0.3) is 0 Å².